The summed E-state index contributed by atoms with van der Waals surface area (Å²) in [7, 11) is 0. The van der Waals surface area contributed by atoms with E-state index >= 15 is 0 Å². The van der Waals surface area contributed by atoms with Crippen LogP contribution in [0.4, 0.5) is 5.82 Å². The van der Waals surface area contributed by atoms with Gasteiger partial charge in [0.15, 0.2) is 0 Å². The Morgan fingerprint density at radius 2 is 2.47 bits per heavy atom. The van der Waals surface area contributed by atoms with Gasteiger partial charge < -0.3 is 16.0 Å². The van der Waals surface area contributed by atoms with Crippen LogP contribution in [0.5, 0.6) is 0 Å². The highest BCUT2D eigenvalue weighted by atomic mass is 16.1. The number of nitrogens with zero attached hydrogens (tertiary/aromatic N) is 1. The zero-order valence-electron chi connectivity index (χ0n) is 8.57. The highest BCUT2D eigenvalue weighted by Gasteiger charge is 2.25. The van der Waals surface area contributed by atoms with Gasteiger partial charge in [-0.25, -0.2) is 4.98 Å². The van der Waals surface area contributed by atoms with E-state index in [1.54, 1.807) is 0 Å². The van der Waals surface area contributed by atoms with Crippen LogP contribution in [0, 0.1) is 5.92 Å². The van der Waals surface area contributed by atoms with Crippen molar-refractivity contribution in [3.63, 3.8) is 0 Å². The quantitative estimate of drug-likeness (QED) is 0.667. The van der Waals surface area contributed by atoms with Crippen molar-refractivity contribution in [2.24, 2.45) is 11.7 Å². The largest absolute Gasteiger partial charge is 0.367 e. The summed E-state index contributed by atoms with van der Waals surface area (Å²) in [5.74, 6) is 1.15. The molecule has 5 heteroatoms. The van der Waals surface area contributed by atoms with Gasteiger partial charge in [0.2, 0.25) is 0 Å². The zero-order valence-corrected chi connectivity index (χ0v) is 8.57. The number of aromatic amines is 1. The summed E-state index contributed by atoms with van der Waals surface area (Å²) in [6.07, 6.45) is 4.88. The Morgan fingerprint density at radius 3 is 3.20 bits per heavy atom. The smallest absolute Gasteiger partial charge is 0.252 e. The van der Waals surface area contributed by atoms with E-state index in [0.717, 1.165) is 12.8 Å². The Balaban J connectivity index is 2.05. The first-order valence-corrected chi connectivity index (χ1v) is 5.31. The normalized spacial score (nSPS) is 25.4. The second-order valence-corrected chi connectivity index (χ2v) is 3.97. The number of rotatable bonds is 3. The molecule has 2 atom stereocenters. The highest BCUT2D eigenvalue weighted by molar-refractivity contribution is 5.33. The van der Waals surface area contributed by atoms with Crippen LogP contribution in [-0.4, -0.2) is 22.6 Å². The van der Waals surface area contributed by atoms with Gasteiger partial charge in [-0.1, -0.05) is 6.42 Å². The molecule has 0 aromatic carbocycles. The van der Waals surface area contributed by atoms with Crippen molar-refractivity contribution in [1.82, 2.24) is 9.97 Å². The van der Waals surface area contributed by atoms with Gasteiger partial charge in [-0.3, -0.25) is 4.79 Å². The van der Waals surface area contributed by atoms with Gasteiger partial charge >= 0.3 is 0 Å². The maximum atomic E-state index is 11.1. The van der Waals surface area contributed by atoms with Crippen molar-refractivity contribution in [2.45, 2.75) is 25.3 Å². The lowest BCUT2D eigenvalue weighted by molar-refractivity contribution is 0.515. The molecule has 4 N–H and O–H groups in total. The Bertz CT molecular complexity index is 376. The molecule has 82 valence electrons. The molecule has 5 nitrogen and oxygen atoms in total. The van der Waals surface area contributed by atoms with E-state index in [1.165, 1.54) is 18.8 Å². The SMILES string of the molecule is NCC1CCCC1Nc1cc(=O)[nH]cn1. The lowest BCUT2D eigenvalue weighted by Gasteiger charge is -2.19. The molecule has 0 amide bonds. The molecule has 2 rings (SSSR count). The Morgan fingerprint density at radius 1 is 1.60 bits per heavy atom. The predicted molar refractivity (Wildman–Crippen MR) is 58.7 cm³/mol. The van der Waals surface area contributed by atoms with Gasteiger partial charge in [0.25, 0.3) is 5.56 Å². The lowest BCUT2D eigenvalue weighted by Crippen LogP contribution is -2.30. The van der Waals surface area contributed by atoms with E-state index in [2.05, 4.69) is 15.3 Å². The number of hydrogen-bond donors (Lipinski definition) is 3. The average molecular weight is 208 g/mol. The minimum atomic E-state index is -0.130. The van der Waals surface area contributed by atoms with Crippen molar-refractivity contribution in [1.29, 1.82) is 0 Å². The van der Waals surface area contributed by atoms with Crippen molar-refractivity contribution in [3.05, 3.63) is 22.7 Å². The molecule has 2 unspecified atom stereocenters. The Labute approximate surface area is 88.1 Å². The standard InChI is InChI=1S/C10H16N4O/c11-5-7-2-1-3-8(7)14-9-4-10(15)13-6-12-9/h4,6-8H,1-3,5,11H2,(H2,12,13,14,15). The van der Waals surface area contributed by atoms with Crippen molar-refractivity contribution >= 4 is 5.82 Å². The molecule has 1 aromatic rings. The van der Waals surface area contributed by atoms with Crippen LogP contribution in [0.15, 0.2) is 17.2 Å². The summed E-state index contributed by atoms with van der Waals surface area (Å²) in [6.45, 7) is 0.695. The second kappa shape index (κ2) is 4.44. The van der Waals surface area contributed by atoms with E-state index < -0.39 is 0 Å². The van der Waals surface area contributed by atoms with Crippen LogP contribution in [0.25, 0.3) is 0 Å². The van der Waals surface area contributed by atoms with Crippen LogP contribution in [0.1, 0.15) is 19.3 Å². The summed E-state index contributed by atoms with van der Waals surface area (Å²) in [6, 6.07) is 1.84. The van der Waals surface area contributed by atoms with Crippen LogP contribution < -0.4 is 16.6 Å². The number of anilines is 1. The summed E-state index contributed by atoms with van der Waals surface area (Å²) < 4.78 is 0. The predicted octanol–water partition coefficient (Wildman–Crippen LogP) is 0.309. The molecule has 1 fully saturated rings. The van der Waals surface area contributed by atoms with Crippen LogP contribution in [0.3, 0.4) is 0 Å². The number of nitrogens with two attached hydrogens (primary N) is 1. The van der Waals surface area contributed by atoms with E-state index in [0.29, 0.717) is 24.3 Å². The number of H-pyrrole nitrogens is 1. The summed E-state index contributed by atoms with van der Waals surface area (Å²) >= 11 is 0. The molecule has 1 aromatic heterocycles. The number of hydrogen-bond acceptors (Lipinski definition) is 4. The molecule has 0 saturated heterocycles. The summed E-state index contributed by atoms with van der Waals surface area (Å²) in [5, 5.41) is 3.27. The Kier molecular flexibility index (Phi) is 3.01. The van der Waals surface area contributed by atoms with Crippen molar-refractivity contribution < 1.29 is 0 Å². The van der Waals surface area contributed by atoms with E-state index in [1.807, 2.05) is 0 Å². The summed E-state index contributed by atoms with van der Waals surface area (Å²) in [5.41, 5.74) is 5.55. The van der Waals surface area contributed by atoms with Gasteiger partial charge in [-0.15, -0.1) is 0 Å². The summed E-state index contributed by atoms with van der Waals surface area (Å²) in [4.78, 5) is 17.6. The van der Waals surface area contributed by atoms with Crippen LogP contribution >= 0.6 is 0 Å². The minimum Gasteiger partial charge on any atom is -0.367 e. The van der Waals surface area contributed by atoms with Crippen LogP contribution in [0.2, 0.25) is 0 Å². The third kappa shape index (κ3) is 2.36. The van der Waals surface area contributed by atoms with Crippen molar-refractivity contribution in [2.75, 3.05) is 11.9 Å². The fourth-order valence-corrected chi connectivity index (χ4v) is 2.15. The molecule has 1 heterocycles. The van der Waals surface area contributed by atoms with Crippen molar-refractivity contribution in [3.8, 4) is 0 Å². The van der Waals surface area contributed by atoms with Gasteiger partial charge in [-0.2, -0.15) is 0 Å². The molecule has 1 aliphatic carbocycles. The van der Waals surface area contributed by atoms with E-state index in [-0.39, 0.29) is 5.56 Å². The maximum Gasteiger partial charge on any atom is 0.252 e. The van der Waals surface area contributed by atoms with Crippen LogP contribution in [-0.2, 0) is 0 Å². The minimum absolute atomic E-state index is 0.130. The maximum absolute atomic E-state index is 11.1. The molecule has 0 aliphatic heterocycles. The molecule has 0 bridgehead atoms. The van der Waals surface area contributed by atoms with Gasteiger partial charge in [0, 0.05) is 12.1 Å². The topological polar surface area (TPSA) is 83.8 Å². The molecule has 1 saturated carbocycles. The molecular formula is C10H16N4O. The molecule has 15 heavy (non-hydrogen) atoms. The first-order valence-electron chi connectivity index (χ1n) is 5.31. The van der Waals surface area contributed by atoms with E-state index in [9.17, 15) is 4.79 Å². The first-order chi connectivity index (χ1) is 7.29. The molecular weight excluding hydrogens is 192 g/mol. The lowest BCUT2D eigenvalue weighted by atomic mass is 10.0. The Hall–Kier alpha value is -1.36. The molecule has 1 aliphatic rings. The van der Waals surface area contributed by atoms with Gasteiger partial charge in [0.05, 0.1) is 6.33 Å². The third-order valence-electron chi connectivity index (χ3n) is 2.97. The van der Waals surface area contributed by atoms with Gasteiger partial charge in [0.1, 0.15) is 5.82 Å². The fourth-order valence-electron chi connectivity index (χ4n) is 2.15. The van der Waals surface area contributed by atoms with E-state index in [4.69, 9.17) is 5.73 Å². The average Bonchev–Trinajstić information content (AvgIpc) is 2.65. The molecule has 0 radical (unpaired) electrons. The second-order valence-electron chi connectivity index (χ2n) is 3.97. The fraction of sp³-hybridized carbons (Fsp3) is 0.600. The third-order valence-corrected chi connectivity index (χ3v) is 2.97. The number of aromatic nitrogens is 2. The zero-order chi connectivity index (χ0) is 10.7. The first kappa shape index (κ1) is 10.2. The monoisotopic (exact) mass is 208 g/mol. The molecule has 0 spiro atoms. The number of nitrogens with one attached hydrogen (secondary N) is 2. The van der Waals surface area contributed by atoms with Gasteiger partial charge in [-0.05, 0) is 25.3 Å². The highest BCUT2D eigenvalue weighted by Crippen LogP contribution is 2.26.